The zero-order chi connectivity index (χ0) is 9.10. The lowest BCUT2D eigenvalue weighted by Crippen LogP contribution is -2.48. The molecule has 3 heteroatoms. The number of Topliss-reactive ketones (excluding diaryl/α,β-unsaturated/α-hetero) is 1. The summed E-state index contributed by atoms with van der Waals surface area (Å²) in [4.78, 5) is 13.6. The second kappa shape index (κ2) is 4.20. The second-order valence-corrected chi connectivity index (χ2v) is 4.04. The van der Waals surface area contributed by atoms with Crippen LogP contribution < -0.4 is 5.32 Å². The average molecular weight is 181 g/mol. The largest absolute Gasteiger partial charge is 0.298 e. The number of hydrogen-bond acceptors (Lipinski definition) is 2. The van der Waals surface area contributed by atoms with Crippen molar-refractivity contribution in [3.05, 3.63) is 0 Å². The maximum atomic E-state index is 11.2. The van der Waals surface area contributed by atoms with E-state index < -0.39 is 0 Å². The number of rotatable bonds is 1. The van der Waals surface area contributed by atoms with Gasteiger partial charge in [-0.3, -0.25) is 9.69 Å². The van der Waals surface area contributed by atoms with Crippen LogP contribution in [-0.4, -0.2) is 42.9 Å². The smallest absolute Gasteiger partial charge is 0.146 e. The van der Waals surface area contributed by atoms with E-state index in [1.54, 1.807) is 0 Å². The molecule has 0 unspecified atom stereocenters. The number of nitrogens with zero attached hydrogens (tertiary/aromatic N) is 2. The first-order valence-corrected chi connectivity index (χ1v) is 5.25. The summed E-state index contributed by atoms with van der Waals surface area (Å²) in [5.74, 6) is 0.414. The number of hydrogen-bond donors (Lipinski definition) is 0. The minimum Gasteiger partial charge on any atom is -0.298 e. The highest BCUT2D eigenvalue weighted by Gasteiger charge is 2.25. The fraction of sp³-hybridized carbons (Fsp3) is 0.900. The minimum absolute atomic E-state index is 0.414. The Hall–Kier alpha value is -0.410. The highest BCUT2D eigenvalue weighted by Crippen LogP contribution is 2.15. The molecule has 0 spiro atoms. The number of piperidine rings is 2. The van der Waals surface area contributed by atoms with E-state index in [4.69, 9.17) is 0 Å². The number of likely N-dealkylation sites (tertiary alicyclic amines) is 1. The van der Waals surface area contributed by atoms with Crippen molar-refractivity contribution in [1.82, 2.24) is 10.2 Å². The van der Waals surface area contributed by atoms with Gasteiger partial charge in [0.1, 0.15) is 5.78 Å². The molecular formula is C10H17N2O. The van der Waals surface area contributed by atoms with Crippen molar-refractivity contribution in [3.63, 3.8) is 0 Å². The lowest BCUT2D eigenvalue weighted by molar-refractivity contribution is -0.123. The molecule has 2 rings (SSSR count). The quantitative estimate of drug-likeness (QED) is 0.587. The van der Waals surface area contributed by atoms with E-state index in [9.17, 15) is 4.79 Å². The molecule has 0 aromatic rings. The van der Waals surface area contributed by atoms with Crippen molar-refractivity contribution >= 4 is 5.78 Å². The molecule has 1 radical (unpaired) electrons. The van der Waals surface area contributed by atoms with Crippen LogP contribution in [0.2, 0.25) is 0 Å². The van der Waals surface area contributed by atoms with Crippen molar-refractivity contribution in [2.75, 3.05) is 26.2 Å². The van der Waals surface area contributed by atoms with Gasteiger partial charge < -0.3 is 0 Å². The van der Waals surface area contributed by atoms with Gasteiger partial charge in [-0.15, -0.1) is 0 Å². The zero-order valence-corrected chi connectivity index (χ0v) is 8.04. The minimum atomic E-state index is 0.414. The summed E-state index contributed by atoms with van der Waals surface area (Å²) < 4.78 is 0. The van der Waals surface area contributed by atoms with E-state index >= 15 is 0 Å². The van der Waals surface area contributed by atoms with Gasteiger partial charge in [0.05, 0.1) is 6.54 Å². The van der Waals surface area contributed by atoms with Crippen molar-refractivity contribution in [2.45, 2.75) is 31.7 Å². The SMILES string of the molecule is O=C1CCCN([C@H]2CCC[N]C2)C1. The molecule has 73 valence electrons. The third-order valence-electron chi connectivity index (χ3n) is 2.99. The van der Waals surface area contributed by atoms with Crippen molar-refractivity contribution in [1.29, 1.82) is 0 Å². The van der Waals surface area contributed by atoms with Crippen LogP contribution in [0.3, 0.4) is 0 Å². The Morgan fingerprint density at radius 2 is 2.31 bits per heavy atom. The Balaban J connectivity index is 1.87. The van der Waals surface area contributed by atoms with Crippen LogP contribution in [0.1, 0.15) is 25.7 Å². The summed E-state index contributed by atoms with van der Waals surface area (Å²) in [6, 6.07) is 0.568. The van der Waals surface area contributed by atoms with Crippen LogP contribution in [0.5, 0.6) is 0 Å². The number of ketones is 1. The predicted octanol–water partition coefficient (Wildman–Crippen LogP) is 0.418. The highest BCUT2D eigenvalue weighted by molar-refractivity contribution is 5.81. The fourth-order valence-electron chi connectivity index (χ4n) is 2.24. The Labute approximate surface area is 79.5 Å². The Bertz CT molecular complexity index is 187. The van der Waals surface area contributed by atoms with Crippen molar-refractivity contribution < 1.29 is 4.79 Å². The molecule has 0 aliphatic carbocycles. The number of carbonyl (C=O) groups is 1. The summed E-state index contributed by atoms with van der Waals surface area (Å²) in [6.45, 7) is 3.76. The van der Waals surface area contributed by atoms with Gasteiger partial charge >= 0.3 is 0 Å². The van der Waals surface area contributed by atoms with Crippen LogP contribution in [0.25, 0.3) is 0 Å². The van der Waals surface area contributed by atoms with Gasteiger partial charge in [0, 0.05) is 25.6 Å². The average Bonchev–Trinajstić information content (AvgIpc) is 2.19. The molecule has 2 saturated heterocycles. The summed E-state index contributed by atoms with van der Waals surface area (Å²) >= 11 is 0. The van der Waals surface area contributed by atoms with Crippen LogP contribution in [0, 0.1) is 0 Å². The molecule has 2 aliphatic rings. The van der Waals surface area contributed by atoms with Crippen molar-refractivity contribution in [3.8, 4) is 0 Å². The van der Waals surface area contributed by atoms with Gasteiger partial charge in [-0.2, -0.15) is 0 Å². The molecule has 0 N–H and O–H groups in total. The van der Waals surface area contributed by atoms with Gasteiger partial charge in [0.15, 0.2) is 0 Å². The molecule has 13 heavy (non-hydrogen) atoms. The Morgan fingerprint density at radius 1 is 1.38 bits per heavy atom. The van der Waals surface area contributed by atoms with Crippen LogP contribution in [0.4, 0.5) is 0 Å². The van der Waals surface area contributed by atoms with Crippen LogP contribution >= 0.6 is 0 Å². The monoisotopic (exact) mass is 181 g/mol. The van der Waals surface area contributed by atoms with Gasteiger partial charge in [-0.25, -0.2) is 5.32 Å². The molecule has 1 atom stereocenters. The molecule has 0 amide bonds. The van der Waals surface area contributed by atoms with E-state index in [2.05, 4.69) is 10.2 Å². The van der Waals surface area contributed by atoms with E-state index in [1.807, 2.05) is 0 Å². The Kier molecular flexibility index (Phi) is 2.96. The van der Waals surface area contributed by atoms with Gasteiger partial charge in [0.25, 0.3) is 0 Å². The highest BCUT2D eigenvalue weighted by atomic mass is 16.1. The van der Waals surface area contributed by atoms with E-state index in [0.29, 0.717) is 18.4 Å². The van der Waals surface area contributed by atoms with Gasteiger partial charge in [0.2, 0.25) is 0 Å². The van der Waals surface area contributed by atoms with Gasteiger partial charge in [-0.05, 0) is 25.8 Å². The molecular weight excluding hydrogens is 164 g/mol. The lowest BCUT2D eigenvalue weighted by Gasteiger charge is -2.35. The summed E-state index contributed by atoms with van der Waals surface area (Å²) in [5, 5.41) is 4.41. The van der Waals surface area contributed by atoms with E-state index in [0.717, 1.165) is 32.5 Å². The van der Waals surface area contributed by atoms with Gasteiger partial charge in [-0.1, -0.05) is 0 Å². The fourth-order valence-corrected chi connectivity index (χ4v) is 2.24. The summed E-state index contributed by atoms with van der Waals surface area (Å²) in [5.41, 5.74) is 0. The first-order chi connectivity index (χ1) is 6.36. The summed E-state index contributed by atoms with van der Waals surface area (Å²) in [7, 11) is 0. The first-order valence-electron chi connectivity index (χ1n) is 5.25. The number of carbonyl (C=O) groups excluding carboxylic acids is 1. The molecule has 0 aromatic heterocycles. The maximum absolute atomic E-state index is 11.2. The van der Waals surface area contributed by atoms with E-state index in [-0.39, 0.29) is 0 Å². The molecule has 0 aromatic carbocycles. The Morgan fingerprint density at radius 3 is 3.00 bits per heavy atom. The predicted molar refractivity (Wildman–Crippen MR) is 50.7 cm³/mol. The third-order valence-corrected chi connectivity index (χ3v) is 2.99. The lowest BCUT2D eigenvalue weighted by atomic mass is 10.0. The molecule has 0 bridgehead atoms. The standard InChI is InChI=1S/C10H17N2O/c13-10-4-2-6-12(8-10)9-3-1-5-11-7-9/h9H,1-8H2/t9-/m0/s1. The molecule has 2 fully saturated rings. The third kappa shape index (κ3) is 2.29. The second-order valence-electron chi connectivity index (χ2n) is 4.04. The summed E-state index contributed by atoms with van der Waals surface area (Å²) in [6.07, 6.45) is 4.28. The molecule has 0 saturated carbocycles. The first kappa shape index (κ1) is 9.16. The molecule has 2 heterocycles. The topological polar surface area (TPSA) is 34.4 Å². The maximum Gasteiger partial charge on any atom is 0.146 e. The van der Waals surface area contributed by atoms with E-state index in [1.165, 1.54) is 12.8 Å². The van der Waals surface area contributed by atoms with Crippen LogP contribution in [-0.2, 0) is 4.79 Å². The normalized spacial score (nSPS) is 32.0. The molecule has 2 aliphatic heterocycles. The molecule has 3 nitrogen and oxygen atoms in total. The van der Waals surface area contributed by atoms with Crippen molar-refractivity contribution in [2.24, 2.45) is 0 Å². The van der Waals surface area contributed by atoms with Crippen LogP contribution in [0.15, 0.2) is 0 Å². The zero-order valence-electron chi connectivity index (χ0n) is 8.04.